The summed E-state index contributed by atoms with van der Waals surface area (Å²) >= 11 is 11.6. The fourth-order valence-corrected chi connectivity index (χ4v) is 1.88. The predicted molar refractivity (Wildman–Crippen MR) is 57.0 cm³/mol. The Balaban J connectivity index is 2.42. The van der Waals surface area contributed by atoms with E-state index in [1.807, 2.05) is 0 Å². The normalized spacial score (nSPS) is 29.3. The van der Waals surface area contributed by atoms with Crippen molar-refractivity contribution in [2.45, 2.75) is 24.6 Å². The van der Waals surface area contributed by atoms with E-state index < -0.39 is 21.6 Å². The third-order valence-electron chi connectivity index (χ3n) is 2.75. The molecule has 1 aliphatic carbocycles. The standard InChI is InChI=1S/C9H13Cl2NO3/c1-5(6(13)14)3-12-7(15)8(2)4-9(8,10)11/h5H,3-4H2,1-2H3,(H,12,15)(H,13,14)/t5-,8-/m0/s1. The highest BCUT2D eigenvalue weighted by Gasteiger charge is 2.67. The van der Waals surface area contributed by atoms with Crippen LogP contribution in [0.1, 0.15) is 20.3 Å². The van der Waals surface area contributed by atoms with Crippen molar-refractivity contribution in [1.82, 2.24) is 5.32 Å². The van der Waals surface area contributed by atoms with E-state index in [0.717, 1.165) is 0 Å². The van der Waals surface area contributed by atoms with Gasteiger partial charge in [0.1, 0.15) is 4.33 Å². The van der Waals surface area contributed by atoms with Crippen LogP contribution in [0.15, 0.2) is 0 Å². The van der Waals surface area contributed by atoms with Gasteiger partial charge in [0, 0.05) is 6.54 Å². The molecule has 86 valence electrons. The minimum absolute atomic E-state index is 0.0909. The van der Waals surface area contributed by atoms with Crippen molar-refractivity contribution in [3.05, 3.63) is 0 Å². The molecule has 2 N–H and O–H groups in total. The Morgan fingerprint density at radius 3 is 2.33 bits per heavy atom. The molecule has 0 bridgehead atoms. The van der Waals surface area contributed by atoms with Gasteiger partial charge in [-0.1, -0.05) is 6.92 Å². The molecule has 2 atom stereocenters. The summed E-state index contributed by atoms with van der Waals surface area (Å²) in [5, 5.41) is 11.1. The number of halogens is 2. The van der Waals surface area contributed by atoms with E-state index in [9.17, 15) is 9.59 Å². The molecule has 1 amide bonds. The van der Waals surface area contributed by atoms with Gasteiger partial charge in [0.15, 0.2) is 0 Å². The van der Waals surface area contributed by atoms with Crippen LogP contribution in [0, 0.1) is 11.3 Å². The zero-order chi connectivity index (χ0) is 11.9. The molecule has 0 aromatic heterocycles. The lowest BCUT2D eigenvalue weighted by Crippen LogP contribution is -2.37. The van der Waals surface area contributed by atoms with Crippen LogP contribution in [-0.4, -0.2) is 27.9 Å². The Morgan fingerprint density at radius 2 is 2.00 bits per heavy atom. The molecule has 6 heteroatoms. The number of rotatable bonds is 4. The summed E-state index contributed by atoms with van der Waals surface area (Å²) in [4.78, 5) is 22.1. The van der Waals surface area contributed by atoms with Crippen LogP contribution in [0.4, 0.5) is 0 Å². The molecular formula is C9H13Cl2NO3. The molecule has 0 saturated heterocycles. The maximum atomic E-state index is 11.6. The molecule has 1 fully saturated rings. The molecule has 0 aromatic carbocycles. The zero-order valence-electron chi connectivity index (χ0n) is 8.51. The van der Waals surface area contributed by atoms with Gasteiger partial charge >= 0.3 is 5.97 Å². The van der Waals surface area contributed by atoms with E-state index in [2.05, 4.69) is 5.32 Å². The molecule has 15 heavy (non-hydrogen) atoms. The molecule has 4 nitrogen and oxygen atoms in total. The van der Waals surface area contributed by atoms with Crippen molar-refractivity contribution < 1.29 is 14.7 Å². The summed E-state index contributed by atoms with van der Waals surface area (Å²) in [6.45, 7) is 3.27. The number of carboxylic acid groups (broad SMARTS) is 1. The first-order valence-electron chi connectivity index (χ1n) is 4.59. The molecule has 1 rings (SSSR count). The number of carbonyl (C=O) groups is 2. The first kappa shape index (κ1) is 12.6. The Bertz CT molecular complexity index is 306. The highest BCUT2D eigenvalue weighted by atomic mass is 35.5. The average Bonchev–Trinajstić information content (AvgIpc) is 2.62. The number of carboxylic acids is 1. The molecule has 1 saturated carbocycles. The number of hydrogen-bond donors (Lipinski definition) is 2. The molecule has 0 aromatic rings. The molecule has 0 spiro atoms. The summed E-state index contributed by atoms with van der Waals surface area (Å²) in [7, 11) is 0. The molecule has 0 unspecified atom stereocenters. The second-order valence-corrected chi connectivity index (χ2v) is 5.65. The van der Waals surface area contributed by atoms with Crippen molar-refractivity contribution in [3.8, 4) is 0 Å². The van der Waals surface area contributed by atoms with Gasteiger partial charge in [0.25, 0.3) is 0 Å². The Labute approximate surface area is 97.9 Å². The molecule has 0 aliphatic heterocycles. The maximum absolute atomic E-state index is 11.6. The number of alkyl halides is 2. The Hall–Kier alpha value is -0.480. The van der Waals surface area contributed by atoms with Gasteiger partial charge < -0.3 is 10.4 Å². The first-order chi connectivity index (χ1) is 6.71. The van der Waals surface area contributed by atoms with E-state index in [-0.39, 0.29) is 12.5 Å². The quantitative estimate of drug-likeness (QED) is 0.745. The minimum Gasteiger partial charge on any atom is -0.481 e. The smallest absolute Gasteiger partial charge is 0.308 e. The second-order valence-electron chi connectivity index (χ2n) is 4.16. The van der Waals surface area contributed by atoms with E-state index in [0.29, 0.717) is 6.42 Å². The monoisotopic (exact) mass is 253 g/mol. The van der Waals surface area contributed by atoms with Crippen molar-refractivity contribution in [3.63, 3.8) is 0 Å². The third kappa shape index (κ3) is 2.37. The van der Waals surface area contributed by atoms with E-state index >= 15 is 0 Å². The number of carbonyl (C=O) groups excluding carboxylic acids is 1. The van der Waals surface area contributed by atoms with Gasteiger partial charge in [-0.15, -0.1) is 23.2 Å². The Kier molecular flexibility index (Phi) is 3.22. The van der Waals surface area contributed by atoms with Crippen LogP contribution in [0.5, 0.6) is 0 Å². The fraction of sp³-hybridized carbons (Fsp3) is 0.778. The van der Waals surface area contributed by atoms with Gasteiger partial charge in [-0.05, 0) is 13.3 Å². The molecule has 0 heterocycles. The molecule has 0 radical (unpaired) electrons. The van der Waals surface area contributed by atoms with Crippen LogP contribution in [0.3, 0.4) is 0 Å². The number of aliphatic carboxylic acids is 1. The van der Waals surface area contributed by atoms with Crippen LogP contribution in [0.2, 0.25) is 0 Å². The largest absolute Gasteiger partial charge is 0.481 e. The van der Waals surface area contributed by atoms with Crippen LogP contribution in [-0.2, 0) is 9.59 Å². The molecule has 1 aliphatic rings. The lowest BCUT2D eigenvalue weighted by molar-refractivity contribution is -0.141. The highest BCUT2D eigenvalue weighted by molar-refractivity contribution is 6.53. The number of hydrogen-bond acceptors (Lipinski definition) is 2. The van der Waals surface area contributed by atoms with Gasteiger partial charge in [0.05, 0.1) is 11.3 Å². The summed E-state index contributed by atoms with van der Waals surface area (Å²) < 4.78 is -1.01. The predicted octanol–water partition coefficient (Wildman–Crippen LogP) is 1.41. The van der Waals surface area contributed by atoms with Gasteiger partial charge in [-0.2, -0.15) is 0 Å². The summed E-state index contributed by atoms with van der Waals surface area (Å²) in [6, 6.07) is 0. The van der Waals surface area contributed by atoms with E-state index in [4.69, 9.17) is 28.3 Å². The van der Waals surface area contributed by atoms with E-state index in [1.54, 1.807) is 6.92 Å². The zero-order valence-corrected chi connectivity index (χ0v) is 10.0. The highest BCUT2D eigenvalue weighted by Crippen LogP contribution is 2.63. The van der Waals surface area contributed by atoms with Crippen molar-refractivity contribution in [1.29, 1.82) is 0 Å². The second kappa shape index (κ2) is 3.83. The van der Waals surface area contributed by atoms with E-state index in [1.165, 1.54) is 6.92 Å². The number of nitrogens with one attached hydrogen (secondary N) is 1. The van der Waals surface area contributed by atoms with Gasteiger partial charge in [-0.3, -0.25) is 9.59 Å². The number of amides is 1. The average molecular weight is 254 g/mol. The topological polar surface area (TPSA) is 66.4 Å². The first-order valence-corrected chi connectivity index (χ1v) is 5.35. The van der Waals surface area contributed by atoms with Crippen molar-refractivity contribution in [2.24, 2.45) is 11.3 Å². The van der Waals surface area contributed by atoms with Crippen LogP contribution < -0.4 is 5.32 Å². The fourth-order valence-electron chi connectivity index (χ4n) is 1.17. The lowest BCUT2D eigenvalue weighted by Gasteiger charge is -2.14. The van der Waals surface area contributed by atoms with Gasteiger partial charge in [-0.25, -0.2) is 0 Å². The third-order valence-corrected chi connectivity index (χ3v) is 3.85. The van der Waals surface area contributed by atoms with Crippen molar-refractivity contribution in [2.75, 3.05) is 6.54 Å². The SMILES string of the molecule is C[C@@H](CNC(=O)[C@]1(C)CC1(Cl)Cl)C(=O)O. The minimum atomic E-state index is -1.01. The maximum Gasteiger partial charge on any atom is 0.308 e. The van der Waals surface area contributed by atoms with Gasteiger partial charge in [0.2, 0.25) is 5.91 Å². The van der Waals surface area contributed by atoms with Crippen LogP contribution in [0.25, 0.3) is 0 Å². The summed E-state index contributed by atoms with van der Waals surface area (Å²) in [6.07, 6.45) is 0.399. The molecular weight excluding hydrogens is 241 g/mol. The van der Waals surface area contributed by atoms with Crippen molar-refractivity contribution >= 4 is 35.1 Å². The lowest BCUT2D eigenvalue weighted by atomic mass is 10.1. The Morgan fingerprint density at radius 1 is 1.53 bits per heavy atom. The summed E-state index contributed by atoms with van der Waals surface area (Å²) in [5.41, 5.74) is -0.783. The van der Waals surface area contributed by atoms with Crippen LogP contribution >= 0.6 is 23.2 Å². The summed E-state index contributed by atoms with van der Waals surface area (Å²) in [5.74, 6) is -1.85.